The third-order valence-corrected chi connectivity index (χ3v) is 1.60. The zero-order valence-corrected chi connectivity index (χ0v) is 6.09. The minimum absolute atomic E-state index is 0.0787. The molecule has 1 unspecified atom stereocenters. The van der Waals surface area contributed by atoms with Crippen LogP contribution in [-0.2, 0) is 9.47 Å². The van der Waals surface area contributed by atoms with Crippen LogP contribution in [0.1, 0.15) is 26.7 Å². The lowest BCUT2D eigenvalue weighted by molar-refractivity contribution is -0.0588. The molecule has 0 bridgehead atoms. The number of hydrogen-bond donors (Lipinski definition) is 0. The Morgan fingerprint density at radius 2 is 2.11 bits per heavy atom. The molecular formula is C7H14O2. The maximum absolute atomic E-state index is 5.44. The van der Waals surface area contributed by atoms with Crippen molar-refractivity contribution in [3.8, 4) is 0 Å². The van der Waals surface area contributed by atoms with E-state index in [2.05, 4.69) is 13.8 Å². The monoisotopic (exact) mass is 130 g/mol. The SMILES string of the molecule is CCC1OC[C@H](CC)O1. The van der Waals surface area contributed by atoms with Crippen LogP contribution < -0.4 is 0 Å². The predicted molar refractivity (Wildman–Crippen MR) is 35.2 cm³/mol. The van der Waals surface area contributed by atoms with Crippen molar-refractivity contribution in [2.45, 2.75) is 39.1 Å². The normalized spacial score (nSPS) is 35.3. The molecule has 1 rings (SSSR count). The Morgan fingerprint density at radius 1 is 1.33 bits per heavy atom. The van der Waals surface area contributed by atoms with Crippen molar-refractivity contribution in [3.05, 3.63) is 0 Å². The first kappa shape index (κ1) is 7.03. The average molecular weight is 130 g/mol. The van der Waals surface area contributed by atoms with Crippen LogP contribution in [0.4, 0.5) is 0 Å². The molecule has 0 aliphatic carbocycles. The van der Waals surface area contributed by atoms with Gasteiger partial charge in [0.05, 0.1) is 12.7 Å². The summed E-state index contributed by atoms with van der Waals surface area (Å²) < 4.78 is 10.7. The van der Waals surface area contributed by atoms with Gasteiger partial charge in [-0.3, -0.25) is 0 Å². The lowest BCUT2D eigenvalue weighted by Crippen LogP contribution is -2.09. The van der Waals surface area contributed by atoms with Gasteiger partial charge >= 0.3 is 0 Å². The number of rotatable bonds is 2. The fraction of sp³-hybridized carbons (Fsp3) is 1.00. The van der Waals surface area contributed by atoms with Crippen LogP contribution in [0.5, 0.6) is 0 Å². The maximum atomic E-state index is 5.44. The van der Waals surface area contributed by atoms with Gasteiger partial charge in [0.25, 0.3) is 0 Å². The van der Waals surface area contributed by atoms with Gasteiger partial charge in [0, 0.05) is 0 Å². The van der Waals surface area contributed by atoms with E-state index in [1.165, 1.54) is 0 Å². The second-order valence-electron chi connectivity index (χ2n) is 2.34. The topological polar surface area (TPSA) is 18.5 Å². The quantitative estimate of drug-likeness (QED) is 0.564. The first-order valence-corrected chi connectivity index (χ1v) is 3.63. The van der Waals surface area contributed by atoms with Gasteiger partial charge in [0.1, 0.15) is 0 Å². The minimum Gasteiger partial charge on any atom is -0.350 e. The van der Waals surface area contributed by atoms with Crippen LogP contribution in [0.15, 0.2) is 0 Å². The molecule has 0 spiro atoms. The third-order valence-electron chi connectivity index (χ3n) is 1.60. The fourth-order valence-corrected chi connectivity index (χ4v) is 0.936. The summed E-state index contributed by atoms with van der Waals surface area (Å²) in [4.78, 5) is 0. The molecule has 0 N–H and O–H groups in total. The molecule has 1 fully saturated rings. The Hall–Kier alpha value is -0.0800. The smallest absolute Gasteiger partial charge is 0.157 e. The maximum Gasteiger partial charge on any atom is 0.157 e. The molecule has 2 nitrogen and oxygen atoms in total. The molecule has 1 heterocycles. The van der Waals surface area contributed by atoms with Crippen molar-refractivity contribution in [1.82, 2.24) is 0 Å². The van der Waals surface area contributed by atoms with Crippen LogP contribution in [0.25, 0.3) is 0 Å². The van der Waals surface area contributed by atoms with E-state index in [0.717, 1.165) is 19.4 Å². The Bertz CT molecular complexity index is 73.0. The van der Waals surface area contributed by atoms with Crippen molar-refractivity contribution >= 4 is 0 Å². The van der Waals surface area contributed by atoms with E-state index < -0.39 is 0 Å². The molecule has 2 heteroatoms. The molecule has 0 amide bonds. The van der Waals surface area contributed by atoms with Crippen molar-refractivity contribution in [1.29, 1.82) is 0 Å². The van der Waals surface area contributed by atoms with Gasteiger partial charge < -0.3 is 9.47 Å². The lowest BCUT2D eigenvalue weighted by Gasteiger charge is -2.05. The van der Waals surface area contributed by atoms with Crippen LogP contribution >= 0.6 is 0 Å². The summed E-state index contributed by atoms with van der Waals surface area (Å²) in [5.41, 5.74) is 0. The zero-order chi connectivity index (χ0) is 6.69. The van der Waals surface area contributed by atoms with Crippen molar-refractivity contribution in [2.75, 3.05) is 6.61 Å². The summed E-state index contributed by atoms with van der Waals surface area (Å²) in [6.07, 6.45) is 2.47. The summed E-state index contributed by atoms with van der Waals surface area (Å²) in [6, 6.07) is 0. The number of hydrogen-bond acceptors (Lipinski definition) is 2. The first-order valence-electron chi connectivity index (χ1n) is 3.63. The molecule has 0 aromatic heterocycles. The van der Waals surface area contributed by atoms with Gasteiger partial charge in [-0.15, -0.1) is 0 Å². The summed E-state index contributed by atoms with van der Waals surface area (Å²) >= 11 is 0. The summed E-state index contributed by atoms with van der Waals surface area (Å²) in [5, 5.41) is 0. The number of ether oxygens (including phenoxy) is 2. The molecule has 0 saturated carbocycles. The second kappa shape index (κ2) is 3.18. The van der Waals surface area contributed by atoms with Crippen molar-refractivity contribution < 1.29 is 9.47 Å². The highest BCUT2D eigenvalue weighted by Crippen LogP contribution is 2.15. The zero-order valence-electron chi connectivity index (χ0n) is 6.09. The van der Waals surface area contributed by atoms with E-state index >= 15 is 0 Å². The Labute approximate surface area is 56.2 Å². The highest BCUT2D eigenvalue weighted by molar-refractivity contribution is 4.61. The van der Waals surface area contributed by atoms with E-state index in [-0.39, 0.29) is 6.29 Å². The van der Waals surface area contributed by atoms with E-state index in [0.29, 0.717) is 6.10 Å². The summed E-state index contributed by atoms with van der Waals surface area (Å²) in [7, 11) is 0. The Balaban J connectivity index is 2.20. The van der Waals surface area contributed by atoms with Crippen LogP contribution in [-0.4, -0.2) is 19.0 Å². The lowest BCUT2D eigenvalue weighted by atomic mass is 10.3. The van der Waals surface area contributed by atoms with Crippen LogP contribution in [0.3, 0.4) is 0 Å². The Morgan fingerprint density at radius 3 is 2.44 bits per heavy atom. The van der Waals surface area contributed by atoms with E-state index in [9.17, 15) is 0 Å². The van der Waals surface area contributed by atoms with Gasteiger partial charge in [0.2, 0.25) is 0 Å². The minimum atomic E-state index is 0.0787. The standard InChI is InChI=1S/C7H14O2/c1-3-6-5-8-7(4-2)9-6/h6-7H,3-5H2,1-2H3/t6-,7?/m0/s1. The summed E-state index contributed by atoms with van der Waals surface area (Å²) in [6.45, 7) is 4.98. The van der Waals surface area contributed by atoms with E-state index in [1.54, 1.807) is 0 Å². The third kappa shape index (κ3) is 1.66. The highest BCUT2D eigenvalue weighted by Gasteiger charge is 2.22. The van der Waals surface area contributed by atoms with Gasteiger partial charge in [-0.1, -0.05) is 13.8 Å². The fourth-order valence-electron chi connectivity index (χ4n) is 0.936. The molecule has 1 aliphatic rings. The molecule has 0 radical (unpaired) electrons. The molecule has 54 valence electrons. The van der Waals surface area contributed by atoms with Gasteiger partial charge in [-0.05, 0) is 12.8 Å². The largest absolute Gasteiger partial charge is 0.350 e. The van der Waals surface area contributed by atoms with Crippen molar-refractivity contribution in [2.24, 2.45) is 0 Å². The van der Waals surface area contributed by atoms with Gasteiger partial charge in [0.15, 0.2) is 6.29 Å². The van der Waals surface area contributed by atoms with Gasteiger partial charge in [-0.25, -0.2) is 0 Å². The molecule has 0 aromatic rings. The molecule has 0 aromatic carbocycles. The molecular weight excluding hydrogens is 116 g/mol. The molecule has 1 saturated heterocycles. The molecule has 2 atom stereocenters. The van der Waals surface area contributed by atoms with Crippen LogP contribution in [0, 0.1) is 0 Å². The average Bonchev–Trinajstić information content (AvgIpc) is 2.34. The van der Waals surface area contributed by atoms with E-state index in [1.807, 2.05) is 0 Å². The first-order chi connectivity index (χ1) is 4.36. The van der Waals surface area contributed by atoms with Crippen LogP contribution in [0.2, 0.25) is 0 Å². The van der Waals surface area contributed by atoms with E-state index in [4.69, 9.17) is 9.47 Å². The summed E-state index contributed by atoms with van der Waals surface area (Å²) in [5.74, 6) is 0. The molecule has 1 aliphatic heterocycles. The Kier molecular flexibility index (Phi) is 2.49. The highest BCUT2D eigenvalue weighted by atomic mass is 16.7. The van der Waals surface area contributed by atoms with Crippen molar-refractivity contribution in [3.63, 3.8) is 0 Å². The molecule has 9 heavy (non-hydrogen) atoms. The predicted octanol–water partition coefficient (Wildman–Crippen LogP) is 1.55. The second-order valence-corrected chi connectivity index (χ2v) is 2.34. The van der Waals surface area contributed by atoms with Gasteiger partial charge in [-0.2, -0.15) is 0 Å².